The Balaban J connectivity index is 2.66. The average molecular weight is 199 g/mol. The molecule has 0 bridgehead atoms. The van der Waals surface area contributed by atoms with E-state index in [9.17, 15) is 0 Å². The Morgan fingerprint density at radius 3 is 3.00 bits per heavy atom. The largest absolute Gasteiger partial charge is 0.481 e. The summed E-state index contributed by atoms with van der Waals surface area (Å²) in [6, 6.07) is 5.59. The van der Waals surface area contributed by atoms with Gasteiger partial charge in [0.05, 0.1) is 13.7 Å². The lowest BCUT2D eigenvalue weighted by Gasteiger charge is -2.07. The number of hydrogen-bond acceptors (Lipinski definition) is 4. The Morgan fingerprint density at radius 2 is 2.38 bits per heavy atom. The number of nitrogens with zero attached hydrogens (tertiary/aromatic N) is 1. The molecule has 1 N–H and O–H groups in total. The molecule has 1 atom stereocenters. The monoisotopic (exact) mass is 199 g/mol. The standard InChI is InChI=1S/C9H13NO2S/c1-7(6-11)13-9-5-3-4-8(10-9)12-2/h3-5,7,11H,6H2,1-2H3. The minimum absolute atomic E-state index is 0.156. The Hall–Kier alpha value is -0.740. The van der Waals surface area contributed by atoms with Crippen molar-refractivity contribution in [1.82, 2.24) is 4.98 Å². The van der Waals surface area contributed by atoms with Crippen LogP contribution in [0.25, 0.3) is 0 Å². The molecular formula is C9H13NO2S. The maximum atomic E-state index is 8.84. The van der Waals surface area contributed by atoms with Crippen molar-refractivity contribution in [3.63, 3.8) is 0 Å². The summed E-state index contributed by atoms with van der Waals surface area (Å²) in [6.45, 7) is 2.11. The number of thioether (sulfide) groups is 1. The van der Waals surface area contributed by atoms with Gasteiger partial charge in [0.1, 0.15) is 5.03 Å². The van der Waals surface area contributed by atoms with Crippen molar-refractivity contribution in [3.8, 4) is 5.88 Å². The average Bonchev–Trinajstić information content (AvgIpc) is 2.18. The fraction of sp³-hybridized carbons (Fsp3) is 0.444. The van der Waals surface area contributed by atoms with Gasteiger partial charge in [0.25, 0.3) is 0 Å². The molecule has 1 heterocycles. The van der Waals surface area contributed by atoms with Crippen LogP contribution in [0.5, 0.6) is 5.88 Å². The highest BCUT2D eigenvalue weighted by Gasteiger charge is 2.04. The Kier molecular flexibility index (Phi) is 4.05. The van der Waals surface area contributed by atoms with Crippen LogP contribution in [0, 0.1) is 0 Å². The van der Waals surface area contributed by atoms with E-state index in [0.717, 1.165) is 5.03 Å². The summed E-state index contributed by atoms with van der Waals surface area (Å²) in [5, 5.41) is 9.88. The third-order valence-electron chi connectivity index (χ3n) is 1.49. The SMILES string of the molecule is COc1cccc(SC(C)CO)n1. The zero-order valence-electron chi connectivity index (χ0n) is 7.73. The lowest BCUT2D eigenvalue weighted by molar-refractivity contribution is 0.300. The molecule has 3 nitrogen and oxygen atoms in total. The van der Waals surface area contributed by atoms with Crippen molar-refractivity contribution in [2.45, 2.75) is 17.2 Å². The van der Waals surface area contributed by atoms with Crippen LogP contribution in [-0.4, -0.2) is 29.1 Å². The molecule has 1 rings (SSSR count). The van der Waals surface area contributed by atoms with Gasteiger partial charge in [0.15, 0.2) is 0 Å². The zero-order chi connectivity index (χ0) is 9.68. The van der Waals surface area contributed by atoms with E-state index >= 15 is 0 Å². The van der Waals surface area contributed by atoms with Crippen LogP contribution in [0.4, 0.5) is 0 Å². The van der Waals surface area contributed by atoms with Gasteiger partial charge in [-0.05, 0) is 6.07 Å². The van der Waals surface area contributed by atoms with Crippen LogP contribution < -0.4 is 4.74 Å². The second-order valence-corrected chi connectivity index (χ2v) is 4.09. The molecular weight excluding hydrogens is 186 g/mol. The third kappa shape index (κ3) is 3.24. The first-order valence-electron chi connectivity index (χ1n) is 4.05. The number of aliphatic hydroxyl groups is 1. The molecule has 0 aliphatic rings. The highest BCUT2D eigenvalue weighted by atomic mass is 32.2. The predicted molar refractivity (Wildman–Crippen MR) is 53.2 cm³/mol. The van der Waals surface area contributed by atoms with Gasteiger partial charge < -0.3 is 9.84 Å². The molecule has 72 valence electrons. The molecule has 0 amide bonds. The predicted octanol–water partition coefficient (Wildman–Crippen LogP) is 1.56. The number of aromatic nitrogens is 1. The molecule has 0 saturated heterocycles. The minimum Gasteiger partial charge on any atom is -0.481 e. The van der Waals surface area contributed by atoms with Crippen LogP contribution >= 0.6 is 11.8 Å². The molecule has 13 heavy (non-hydrogen) atoms. The fourth-order valence-corrected chi connectivity index (χ4v) is 1.61. The molecule has 0 aromatic carbocycles. The number of aliphatic hydroxyl groups excluding tert-OH is 1. The Bertz CT molecular complexity index is 268. The topological polar surface area (TPSA) is 42.4 Å². The van der Waals surface area contributed by atoms with E-state index < -0.39 is 0 Å². The molecule has 0 aliphatic heterocycles. The quantitative estimate of drug-likeness (QED) is 0.747. The van der Waals surface area contributed by atoms with E-state index in [1.165, 1.54) is 11.8 Å². The molecule has 1 unspecified atom stereocenters. The van der Waals surface area contributed by atoms with Gasteiger partial charge in [-0.25, -0.2) is 4.98 Å². The summed E-state index contributed by atoms with van der Waals surface area (Å²) in [6.07, 6.45) is 0. The van der Waals surface area contributed by atoms with Crippen molar-refractivity contribution in [2.75, 3.05) is 13.7 Å². The zero-order valence-corrected chi connectivity index (χ0v) is 8.54. The summed E-state index contributed by atoms with van der Waals surface area (Å²) >= 11 is 1.53. The van der Waals surface area contributed by atoms with Crippen molar-refractivity contribution >= 4 is 11.8 Å². The number of methoxy groups -OCH3 is 1. The fourth-order valence-electron chi connectivity index (χ4n) is 0.819. The van der Waals surface area contributed by atoms with Crippen LogP contribution in [-0.2, 0) is 0 Å². The summed E-state index contributed by atoms with van der Waals surface area (Å²) < 4.78 is 4.98. The van der Waals surface area contributed by atoms with E-state index in [4.69, 9.17) is 9.84 Å². The van der Waals surface area contributed by atoms with E-state index in [2.05, 4.69) is 4.98 Å². The first-order valence-corrected chi connectivity index (χ1v) is 4.92. The molecule has 0 saturated carbocycles. The van der Waals surface area contributed by atoms with Gasteiger partial charge in [-0.1, -0.05) is 13.0 Å². The minimum atomic E-state index is 0.156. The van der Waals surface area contributed by atoms with Crippen LogP contribution in [0.15, 0.2) is 23.2 Å². The van der Waals surface area contributed by atoms with Crippen molar-refractivity contribution in [2.24, 2.45) is 0 Å². The summed E-state index contributed by atoms with van der Waals surface area (Å²) in [7, 11) is 1.59. The number of rotatable bonds is 4. The Labute approximate surface area is 82.1 Å². The highest BCUT2D eigenvalue weighted by molar-refractivity contribution is 7.99. The number of pyridine rings is 1. The van der Waals surface area contributed by atoms with Crippen molar-refractivity contribution in [1.29, 1.82) is 0 Å². The number of hydrogen-bond donors (Lipinski definition) is 1. The van der Waals surface area contributed by atoms with E-state index in [0.29, 0.717) is 5.88 Å². The molecule has 0 radical (unpaired) electrons. The van der Waals surface area contributed by atoms with Gasteiger partial charge in [-0.2, -0.15) is 0 Å². The molecule has 0 fully saturated rings. The van der Waals surface area contributed by atoms with Crippen LogP contribution in [0.1, 0.15) is 6.92 Å². The molecule has 0 spiro atoms. The molecule has 1 aromatic rings. The first kappa shape index (κ1) is 10.3. The van der Waals surface area contributed by atoms with Crippen LogP contribution in [0.2, 0.25) is 0 Å². The molecule has 0 aliphatic carbocycles. The van der Waals surface area contributed by atoms with Crippen molar-refractivity contribution < 1.29 is 9.84 Å². The van der Waals surface area contributed by atoms with E-state index in [1.54, 1.807) is 13.2 Å². The maximum Gasteiger partial charge on any atom is 0.213 e. The van der Waals surface area contributed by atoms with E-state index in [1.807, 2.05) is 19.1 Å². The second-order valence-electron chi connectivity index (χ2n) is 2.63. The second kappa shape index (κ2) is 5.09. The molecule has 4 heteroatoms. The summed E-state index contributed by atoms with van der Waals surface area (Å²) in [4.78, 5) is 4.21. The lowest BCUT2D eigenvalue weighted by Crippen LogP contribution is -2.02. The normalized spacial score (nSPS) is 12.5. The maximum absolute atomic E-state index is 8.84. The summed E-state index contributed by atoms with van der Waals surface area (Å²) in [5.74, 6) is 0.607. The van der Waals surface area contributed by atoms with Gasteiger partial charge in [0, 0.05) is 11.3 Å². The van der Waals surface area contributed by atoms with Gasteiger partial charge in [0.2, 0.25) is 5.88 Å². The van der Waals surface area contributed by atoms with Gasteiger partial charge in [-0.3, -0.25) is 0 Å². The smallest absolute Gasteiger partial charge is 0.213 e. The van der Waals surface area contributed by atoms with E-state index in [-0.39, 0.29) is 11.9 Å². The lowest BCUT2D eigenvalue weighted by atomic mass is 10.5. The first-order chi connectivity index (χ1) is 6.26. The molecule has 1 aromatic heterocycles. The third-order valence-corrected chi connectivity index (χ3v) is 2.51. The van der Waals surface area contributed by atoms with Gasteiger partial charge >= 0.3 is 0 Å². The van der Waals surface area contributed by atoms with Gasteiger partial charge in [-0.15, -0.1) is 11.8 Å². The number of ether oxygens (including phenoxy) is 1. The van der Waals surface area contributed by atoms with Crippen molar-refractivity contribution in [3.05, 3.63) is 18.2 Å². The Morgan fingerprint density at radius 1 is 1.62 bits per heavy atom. The highest BCUT2D eigenvalue weighted by Crippen LogP contribution is 2.22. The summed E-state index contributed by atoms with van der Waals surface area (Å²) in [5.41, 5.74) is 0. The van der Waals surface area contributed by atoms with Crippen LogP contribution in [0.3, 0.4) is 0 Å².